The van der Waals surface area contributed by atoms with Crippen molar-refractivity contribution in [3.63, 3.8) is 0 Å². The lowest BCUT2D eigenvalue weighted by molar-refractivity contribution is 0.289. The van der Waals surface area contributed by atoms with Gasteiger partial charge in [0.15, 0.2) is 0 Å². The number of alkyl halides is 1. The number of halogens is 1. The summed E-state index contributed by atoms with van der Waals surface area (Å²) in [7, 11) is 1.95. The first-order chi connectivity index (χ1) is 4.70. The second-order valence-electron chi connectivity index (χ2n) is 2.71. The molecule has 0 aliphatic carbocycles. The highest BCUT2D eigenvalue weighted by atomic mass is 19.1. The number of nitrogens with zero attached hydrogens (tertiary/aromatic N) is 1. The summed E-state index contributed by atoms with van der Waals surface area (Å²) in [6, 6.07) is 0. The van der Waals surface area contributed by atoms with Crippen molar-refractivity contribution in [2.24, 2.45) is 5.92 Å². The molecule has 2 heteroatoms. The lowest BCUT2D eigenvalue weighted by Gasteiger charge is -2.02. The van der Waals surface area contributed by atoms with Crippen LogP contribution in [0.25, 0.3) is 0 Å². The third-order valence-electron chi connectivity index (χ3n) is 1.70. The Morgan fingerprint density at radius 3 is 1.90 bits per heavy atom. The second-order valence-corrected chi connectivity index (χ2v) is 2.71. The zero-order chi connectivity index (χ0) is 8.15. The smallest absolute Gasteiger partial charge is 0.116 e. The Hall–Kier alpha value is -0.110. The van der Waals surface area contributed by atoms with Crippen molar-refractivity contribution in [2.45, 2.75) is 26.9 Å². The van der Waals surface area contributed by atoms with E-state index in [0.717, 1.165) is 6.54 Å². The van der Waals surface area contributed by atoms with Crippen molar-refractivity contribution in [1.29, 1.82) is 0 Å². The van der Waals surface area contributed by atoms with Gasteiger partial charge in [-0.25, -0.2) is 4.39 Å². The summed E-state index contributed by atoms with van der Waals surface area (Å²) < 4.78 is 12.5. The maximum atomic E-state index is 12.5. The molecule has 1 nitrogen and oxygen atoms in total. The zero-order valence-corrected chi connectivity index (χ0v) is 7.39. The summed E-state index contributed by atoms with van der Waals surface area (Å²) in [5.74, 6) is 0.250. The summed E-state index contributed by atoms with van der Waals surface area (Å²) in [5, 5.41) is 0. The Morgan fingerprint density at radius 2 is 1.80 bits per heavy atom. The first-order valence-corrected chi connectivity index (χ1v) is 4.03. The quantitative estimate of drug-likeness (QED) is 0.506. The predicted octanol–water partition coefficient (Wildman–Crippen LogP) is 1.93. The lowest BCUT2D eigenvalue weighted by atomic mass is 10.1. The number of rotatable bonds is 0. The molecular weight excluding hydrogens is 129 g/mol. The molecule has 0 aromatic rings. The molecular formula is C8H18FN. The van der Waals surface area contributed by atoms with E-state index in [-0.39, 0.29) is 5.92 Å². The summed E-state index contributed by atoms with van der Waals surface area (Å²) in [6.45, 7) is 7.50. The second kappa shape index (κ2) is 4.67. The van der Waals surface area contributed by atoms with Gasteiger partial charge < -0.3 is 4.90 Å². The molecule has 1 aliphatic heterocycles. The molecule has 1 rings (SSSR count). The largest absolute Gasteiger partial charge is 0.303 e. The molecule has 0 aromatic carbocycles. The van der Waals surface area contributed by atoms with Crippen LogP contribution in [0.4, 0.5) is 4.39 Å². The number of hydrogen-bond acceptors (Lipinski definition) is 1. The first kappa shape index (κ1) is 9.89. The van der Waals surface area contributed by atoms with Gasteiger partial charge in [-0.3, -0.25) is 0 Å². The SMILES string of the molecule is CC.CC1CN(C)CC1F. The number of likely N-dealkylation sites (tertiary alicyclic amines) is 1. The van der Waals surface area contributed by atoms with Crippen LogP contribution < -0.4 is 0 Å². The molecule has 0 radical (unpaired) electrons. The van der Waals surface area contributed by atoms with E-state index in [9.17, 15) is 4.39 Å². The minimum absolute atomic E-state index is 0.250. The highest BCUT2D eigenvalue weighted by molar-refractivity contribution is 4.78. The van der Waals surface area contributed by atoms with E-state index in [0.29, 0.717) is 6.54 Å². The topological polar surface area (TPSA) is 3.24 Å². The predicted molar refractivity (Wildman–Crippen MR) is 42.9 cm³/mol. The van der Waals surface area contributed by atoms with E-state index in [1.54, 1.807) is 0 Å². The van der Waals surface area contributed by atoms with Crippen molar-refractivity contribution < 1.29 is 4.39 Å². The van der Waals surface area contributed by atoms with Crippen LogP contribution >= 0.6 is 0 Å². The maximum Gasteiger partial charge on any atom is 0.116 e. The van der Waals surface area contributed by atoms with Crippen molar-refractivity contribution in [3.05, 3.63) is 0 Å². The molecule has 0 amide bonds. The molecule has 2 atom stereocenters. The standard InChI is InChI=1S/C6H12FN.C2H6/c1-5-3-8(2)4-6(5)7;1-2/h5-6H,3-4H2,1-2H3;1-2H3. The Balaban J connectivity index is 0.000000371. The Morgan fingerprint density at radius 1 is 1.30 bits per heavy atom. The normalized spacial score (nSPS) is 33.3. The van der Waals surface area contributed by atoms with Crippen molar-refractivity contribution >= 4 is 0 Å². The molecule has 2 unspecified atom stereocenters. The van der Waals surface area contributed by atoms with Gasteiger partial charge in [0, 0.05) is 19.0 Å². The average Bonchev–Trinajstić information content (AvgIpc) is 2.16. The van der Waals surface area contributed by atoms with Gasteiger partial charge in [-0.15, -0.1) is 0 Å². The molecule has 0 spiro atoms. The van der Waals surface area contributed by atoms with E-state index < -0.39 is 6.17 Å². The van der Waals surface area contributed by atoms with Gasteiger partial charge in [-0.2, -0.15) is 0 Å². The van der Waals surface area contributed by atoms with Crippen LogP contribution in [0.1, 0.15) is 20.8 Å². The van der Waals surface area contributed by atoms with Gasteiger partial charge in [-0.1, -0.05) is 20.8 Å². The van der Waals surface area contributed by atoms with Crippen molar-refractivity contribution in [3.8, 4) is 0 Å². The molecule has 1 saturated heterocycles. The first-order valence-electron chi connectivity index (χ1n) is 4.03. The van der Waals surface area contributed by atoms with Crippen LogP contribution in [0.5, 0.6) is 0 Å². The average molecular weight is 147 g/mol. The maximum absolute atomic E-state index is 12.5. The van der Waals surface area contributed by atoms with Crippen LogP contribution in [-0.4, -0.2) is 31.2 Å². The molecule has 10 heavy (non-hydrogen) atoms. The van der Waals surface area contributed by atoms with E-state index in [1.165, 1.54) is 0 Å². The fourth-order valence-electron chi connectivity index (χ4n) is 1.16. The fourth-order valence-corrected chi connectivity index (χ4v) is 1.16. The molecule has 0 aromatic heterocycles. The van der Waals surface area contributed by atoms with Crippen LogP contribution in [0, 0.1) is 5.92 Å². The summed E-state index contributed by atoms with van der Waals surface area (Å²) in [5.41, 5.74) is 0. The number of hydrogen-bond donors (Lipinski definition) is 0. The summed E-state index contributed by atoms with van der Waals surface area (Å²) >= 11 is 0. The van der Waals surface area contributed by atoms with Gasteiger partial charge in [0.1, 0.15) is 6.17 Å². The molecule has 62 valence electrons. The molecule has 0 saturated carbocycles. The van der Waals surface area contributed by atoms with Crippen molar-refractivity contribution in [1.82, 2.24) is 4.90 Å². The van der Waals surface area contributed by atoms with Crippen LogP contribution in [0.3, 0.4) is 0 Å². The monoisotopic (exact) mass is 147 g/mol. The molecule has 1 heterocycles. The fraction of sp³-hybridized carbons (Fsp3) is 1.00. The molecule has 0 N–H and O–H groups in total. The molecule has 1 aliphatic rings. The Bertz CT molecular complexity index is 75.3. The summed E-state index contributed by atoms with van der Waals surface area (Å²) in [6.07, 6.45) is -0.583. The van der Waals surface area contributed by atoms with E-state index in [1.807, 2.05) is 32.7 Å². The highest BCUT2D eigenvalue weighted by Crippen LogP contribution is 2.16. The Kier molecular flexibility index (Phi) is 4.62. The molecule has 0 bridgehead atoms. The summed E-state index contributed by atoms with van der Waals surface area (Å²) in [4.78, 5) is 2.02. The molecule has 1 fully saturated rings. The van der Waals surface area contributed by atoms with Gasteiger partial charge in [0.05, 0.1) is 0 Å². The van der Waals surface area contributed by atoms with Crippen LogP contribution in [-0.2, 0) is 0 Å². The van der Waals surface area contributed by atoms with Gasteiger partial charge >= 0.3 is 0 Å². The minimum Gasteiger partial charge on any atom is -0.303 e. The van der Waals surface area contributed by atoms with E-state index in [2.05, 4.69) is 0 Å². The van der Waals surface area contributed by atoms with Gasteiger partial charge in [0.2, 0.25) is 0 Å². The highest BCUT2D eigenvalue weighted by Gasteiger charge is 2.26. The third-order valence-corrected chi connectivity index (χ3v) is 1.70. The van der Waals surface area contributed by atoms with E-state index in [4.69, 9.17) is 0 Å². The van der Waals surface area contributed by atoms with E-state index >= 15 is 0 Å². The lowest BCUT2D eigenvalue weighted by Crippen LogP contribution is -2.13. The minimum atomic E-state index is -0.583. The zero-order valence-electron chi connectivity index (χ0n) is 7.39. The van der Waals surface area contributed by atoms with Crippen molar-refractivity contribution in [2.75, 3.05) is 20.1 Å². The Labute approximate surface area is 63.2 Å². The van der Waals surface area contributed by atoms with Gasteiger partial charge in [0.25, 0.3) is 0 Å². The third kappa shape index (κ3) is 2.65. The van der Waals surface area contributed by atoms with Crippen LogP contribution in [0.2, 0.25) is 0 Å². The van der Waals surface area contributed by atoms with Gasteiger partial charge in [-0.05, 0) is 7.05 Å². The van der Waals surface area contributed by atoms with Crippen LogP contribution in [0.15, 0.2) is 0 Å².